The Hall–Kier alpha value is -0.780. The van der Waals surface area contributed by atoms with E-state index in [1.807, 2.05) is 0 Å². The van der Waals surface area contributed by atoms with E-state index in [4.69, 9.17) is 22.1 Å². The molecule has 6 heteroatoms. The van der Waals surface area contributed by atoms with Gasteiger partial charge in [-0.3, -0.25) is 0 Å². The van der Waals surface area contributed by atoms with Crippen molar-refractivity contribution in [2.45, 2.75) is 17.7 Å². The summed E-state index contributed by atoms with van der Waals surface area (Å²) in [4.78, 5) is 0.244. The number of anilines is 1. The van der Waals surface area contributed by atoms with Crippen LogP contribution in [0.5, 0.6) is 0 Å². The average molecular weight is 290 g/mol. The molecule has 0 radical (unpaired) electrons. The molecule has 0 bridgehead atoms. The van der Waals surface area contributed by atoms with E-state index in [9.17, 15) is 8.42 Å². The molecule has 0 aromatic heterocycles. The maximum atomic E-state index is 12.2. The van der Waals surface area contributed by atoms with Crippen LogP contribution in [0.2, 0.25) is 5.02 Å². The number of nitrogens with two attached hydrogens (primary N) is 1. The fourth-order valence-electron chi connectivity index (χ4n) is 2.02. The van der Waals surface area contributed by atoms with Gasteiger partial charge in [0.2, 0.25) is 0 Å². The Balaban J connectivity index is 2.16. The van der Waals surface area contributed by atoms with Crippen molar-refractivity contribution >= 4 is 27.1 Å². The fourth-order valence-corrected chi connectivity index (χ4v) is 3.99. The van der Waals surface area contributed by atoms with Crippen molar-refractivity contribution in [3.8, 4) is 0 Å². The van der Waals surface area contributed by atoms with E-state index in [1.165, 1.54) is 18.2 Å². The molecular weight excluding hydrogens is 274 g/mol. The van der Waals surface area contributed by atoms with Crippen LogP contribution < -0.4 is 5.73 Å². The Morgan fingerprint density at radius 2 is 2.00 bits per heavy atom. The summed E-state index contributed by atoms with van der Waals surface area (Å²) in [6.45, 7) is 1.28. The first-order valence-corrected chi connectivity index (χ1v) is 7.87. The first kappa shape index (κ1) is 13.6. The monoisotopic (exact) mass is 289 g/mol. The van der Waals surface area contributed by atoms with Crippen LogP contribution in [0.25, 0.3) is 0 Å². The number of ether oxygens (including phenoxy) is 1. The summed E-state index contributed by atoms with van der Waals surface area (Å²) in [5, 5.41) is 0.281. The fraction of sp³-hybridized carbons (Fsp3) is 0.500. The van der Waals surface area contributed by atoms with Gasteiger partial charge in [-0.25, -0.2) is 8.42 Å². The second-order valence-electron chi connectivity index (χ2n) is 4.52. The van der Waals surface area contributed by atoms with Gasteiger partial charge in [0, 0.05) is 13.2 Å². The molecule has 2 N–H and O–H groups in total. The Bertz CT molecular complexity index is 524. The largest absolute Gasteiger partial charge is 0.398 e. The zero-order chi connectivity index (χ0) is 13.2. The third-order valence-electron chi connectivity index (χ3n) is 3.13. The molecule has 0 atom stereocenters. The van der Waals surface area contributed by atoms with Crippen LogP contribution in [0.15, 0.2) is 23.1 Å². The number of hydrogen-bond acceptors (Lipinski definition) is 4. The van der Waals surface area contributed by atoms with Gasteiger partial charge in [-0.05, 0) is 37.0 Å². The maximum absolute atomic E-state index is 12.2. The Morgan fingerprint density at radius 1 is 1.33 bits per heavy atom. The molecule has 1 aromatic rings. The van der Waals surface area contributed by atoms with E-state index in [-0.39, 0.29) is 21.6 Å². The minimum absolute atomic E-state index is 0.149. The maximum Gasteiger partial charge on any atom is 0.178 e. The quantitative estimate of drug-likeness (QED) is 0.866. The summed E-state index contributed by atoms with van der Waals surface area (Å²) in [5.41, 5.74) is 5.96. The van der Waals surface area contributed by atoms with Gasteiger partial charge >= 0.3 is 0 Å². The summed E-state index contributed by atoms with van der Waals surface area (Å²) in [5.74, 6) is 0.316. The normalized spacial score (nSPS) is 17.8. The van der Waals surface area contributed by atoms with E-state index in [1.54, 1.807) is 0 Å². The molecule has 1 aliphatic rings. The Morgan fingerprint density at radius 3 is 2.61 bits per heavy atom. The second kappa shape index (κ2) is 5.47. The molecule has 0 unspecified atom stereocenters. The molecule has 4 nitrogen and oxygen atoms in total. The van der Waals surface area contributed by atoms with Crippen LogP contribution in [-0.2, 0) is 14.6 Å². The van der Waals surface area contributed by atoms with E-state index < -0.39 is 9.84 Å². The van der Waals surface area contributed by atoms with Crippen LogP contribution in [0.4, 0.5) is 5.69 Å². The summed E-state index contributed by atoms with van der Waals surface area (Å²) in [6, 6.07) is 4.46. The third kappa shape index (κ3) is 3.16. The number of halogens is 1. The van der Waals surface area contributed by atoms with Gasteiger partial charge in [-0.1, -0.05) is 11.6 Å². The summed E-state index contributed by atoms with van der Waals surface area (Å²) < 4.78 is 29.7. The number of rotatable bonds is 3. The lowest BCUT2D eigenvalue weighted by Crippen LogP contribution is -2.23. The van der Waals surface area contributed by atoms with E-state index in [0.717, 1.165) is 12.8 Å². The van der Waals surface area contributed by atoms with Gasteiger partial charge < -0.3 is 10.5 Å². The number of sulfone groups is 1. The standard InChI is InChI=1S/C12H16ClNO3S/c13-11-7-10(1-2-12(11)14)18(15,16)8-9-3-5-17-6-4-9/h1-2,7,9H,3-6,8,14H2. The topological polar surface area (TPSA) is 69.4 Å². The van der Waals surface area contributed by atoms with Gasteiger partial charge in [0.15, 0.2) is 9.84 Å². The molecule has 0 spiro atoms. The lowest BCUT2D eigenvalue weighted by atomic mass is 10.0. The second-order valence-corrected chi connectivity index (χ2v) is 6.96. The van der Waals surface area contributed by atoms with Crippen molar-refractivity contribution in [1.82, 2.24) is 0 Å². The summed E-state index contributed by atoms with van der Waals surface area (Å²) >= 11 is 5.85. The summed E-state index contributed by atoms with van der Waals surface area (Å²) in [6.07, 6.45) is 1.59. The van der Waals surface area contributed by atoms with Crippen LogP contribution >= 0.6 is 11.6 Å². The molecule has 100 valence electrons. The zero-order valence-electron chi connectivity index (χ0n) is 9.93. The molecule has 0 saturated carbocycles. The lowest BCUT2D eigenvalue weighted by molar-refractivity contribution is 0.0723. The lowest BCUT2D eigenvalue weighted by Gasteiger charge is -2.21. The smallest absolute Gasteiger partial charge is 0.178 e. The molecule has 0 amide bonds. The Labute approximate surface area is 112 Å². The number of nitrogen functional groups attached to an aromatic ring is 1. The molecule has 1 heterocycles. The Kier molecular flexibility index (Phi) is 4.14. The molecule has 0 aliphatic carbocycles. The van der Waals surface area contributed by atoms with Gasteiger partial charge in [-0.15, -0.1) is 0 Å². The highest BCUT2D eigenvalue weighted by Gasteiger charge is 2.23. The van der Waals surface area contributed by atoms with Crippen molar-refractivity contribution in [3.05, 3.63) is 23.2 Å². The summed E-state index contributed by atoms with van der Waals surface area (Å²) in [7, 11) is -3.29. The minimum atomic E-state index is -3.29. The van der Waals surface area contributed by atoms with Crippen LogP contribution in [0.3, 0.4) is 0 Å². The third-order valence-corrected chi connectivity index (χ3v) is 5.34. The van der Waals surface area contributed by atoms with Crippen molar-refractivity contribution < 1.29 is 13.2 Å². The van der Waals surface area contributed by atoms with Crippen molar-refractivity contribution in [3.63, 3.8) is 0 Å². The van der Waals surface area contributed by atoms with E-state index in [2.05, 4.69) is 0 Å². The number of hydrogen-bond donors (Lipinski definition) is 1. The van der Waals surface area contributed by atoms with Crippen molar-refractivity contribution in [2.24, 2.45) is 5.92 Å². The predicted molar refractivity (Wildman–Crippen MR) is 71.5 cm³/mol. The van der Waals surface area contributed by atoms with Gasteiger partial charge in [-0.2, -0.15) is 0 Å². The zero-order valence-corrected chi connectivity index (χ0v) is 11.5. The molecule has 18 heavy (non-hydrogen) atoms. The van der Waals surface area contributed by atoms with Gasteiger partial charge in [0.1, 0.15) is 0 Å². The van der Waals surface area contributed by atoms with Gasteiger partial charge in [0.25, 0.3) is 0 Å². The minimum Gasteiger partial charge on any atom is -0.398 e. The van der Waals surface area contributed by atoms with Crippen molar-refractivity contribution in [1.29, 1.82) is 0 Å². The van der Waals surface area contributed by atoms with Gasteiger partial charge in [0.05, 0.1) is 21.4 Å². The van der Waals surface area contributed by atoms with E-state index in [0.29, 0.717) is 18.9 Å². The van der Waals surface area contributed by atoms with Crippen molar-refractivity contribution in [2.75, 3.05) is 24.7 Å². The van der Waals surface area contributed by atoms with E-state index >= 15 is 0 Å². The highest BCUT2D eigenvalue weighted by Crippen LogP contribution is 2.26. The average Bonchev–Trinajstić information content (AvgIpc) is 2.33. The number of benzene rings is 1. The highest BCUT2D eigenvalue weighted by atomic mass is 35.5. The molecule has 1 fully saturated rings. The molecule has 1 saturated heterocycles. The molecule has 1 aromatic carbocycles. The molecular formula is C12H16ClNO3S. The molecule has 2 rings (SSSR count). The first-order chi connectivity index (χ1) is 8.49. The highest BCUT2D eigenvalue weighted by molar-refractivity contribution is 7.91. The van der Waals surface area contributed by atoms with Crippen LogP contribution in [0.1, 0.15) is 12.8 Å². The predicted octanol–water partition coefficient (Wildman–Crippen LogP) is 2.12. The molecule has 1 aliphatic heterocycles. The SMILES string of the molecule is Nc1ccc(S(=O)(=O)CC2CCOCC2)cc1Cl. The van der Waals surface area contributed by atoms with Crippen LogP contribution in [-0.4, -0.2) is 27.4 Å². The van der Waals surface area contributed by atoms with Crippen LogP contribution in [0, 0.1) is 5.92 Å². The first-order valence-electron chi connectivity index (χ1n) is 5.84.